The molecule has 1 aromatic rings. The van der Waals surface area contributed by atoms with Crippen LogP contribution in [0.2, 0.25) is 0 Å². The summed E-state index contributed by atoms with van der Waals surface area (Å²) < 4.78 is 5.23. The Morgan fingerprint density at radius 2 is 2.18 bits per heavy atom. The molecule has 0 N–H and O–H groups in total. The van der Waals surface area contributed by atoms with Crippen LogP contribution in [-0.2, 0) is 0 Å². The van der Waals surface area contributed by atoms with E-state index in [1.807, 2.05) is 25.3 Å². The summed E-state index contributed by atoms with van der Waals surface area (Å²) in [6, 6.07) is 3.80. The van der Waals surface area contributed by atoms with Gasteiger partial charge < -0.3 is 4.74 Å². The molecule has 5 heteroatoms. The SMILES string of the molecule is COc1cc(C)c(SC)cc1C=C(C)[N+](=O)[O-]. The second kappa shape index (κ2) is 5.72. The van der Waals surface area contributed by atoms with E-state index in [0.29, 0.717) is 5.75 Å². The topological polar surface area (TPSA) is 52.4 Å². The summed E-state index contributed by atoms with van der Waals surface area (Å²) in [4.78, 5) is 11.3. The Kier molecular flexibility index (Phi) is 4.57. The van der Waals surface area contributed by atoms with E-state index in [2.05, 4.69) is 0 Å². The van der Waals surface area contributed by atoms with E-state index in [9.17, 15) is 10.1 Å². The molecule has 0 atom stereocenters. The summed E-state index contributed by atoms with van der Waals surface area (Å²) >= 11 is 1.61. The first-order chi connectivity index (χ1) is 7.99. The van der Waals surface area contributed by atoms with Crippen molar-refractivity contribution in [2.45, 2.75) is 18.7 Å². The van der Waals surface area contributed by atoms with Gasteiger partial charge in [0.15, 0.2) is 0 Å². The van der Waals surface area contributed by atoms with Gasteiger partial charge in [-0.2, -0.15) is 0 Å². The van der Waals surface area contributed by atoms with E-state index in [4.69, 9.17) is 4.74 Å². The number of nitrogens with zero attached hydrogens (tertiary/aromatic N) is 1. The van der Waals surface area contributed by atoms with Crippen LogP contribution in [0, 0.1) is 17.0 Å². The Morgan fingerprint density at radius 1 is 1.53 bits per heavy atom. The van der Waals surface area contributed by atoms with E-state index >= 15 is 0 Å². The van der Waals surface area contributed by atoms with Gasteiger partial charge in [-0.05, 0) is 30.9 Å². The Labute approximate surface area is 105 Å². The molecule has 17 heavy (non-hydrogen) atoms. The van der Waals surface area contributed by atoms with Gasteiger partial charge >= 0.3 is 0 Å². The molecule has 0 unspecified atom stereocenters. The van der Waals surface area contributed by atoms with Gasteiger partial charge in [-0.25, -0.2) is 0 Å². The molecule has 0 heterocycles. The highest BCUT2D eigenvalue weighted by molar-refractivity contribution is 7.98. The molecule has 0 spiro atoms. The second-order valence-electron chi connectivity index (χ2n) is 3.61. The molecule has 0 aromatic heterocycles. The number of methoxy groups -OCH3 is 1. The molecule has 0 aliphatic heterocycles. The number of hydrogen-bond acceptors (Lipinski definition) is 4. The van der Waals surface area contributed by atoms with Crippen LogP contribution in [0.5, 0.6) is 5.75 Å². The standard InChI is InChI=1S/C12H15NO3S/c1-8-5-11(16-3)10(7-12(8)17-4)6-9(2)13(14)15/h5-7H,1-4H3. The van der Waals surface area contributed by atoms with E-state index in [1.165, 1.54) is 13.0 Å². The maximum absolute atomic E-state index is 10.6. The lowest BCUT2D eigenvalue weighted by Gasteiger charge is -2.09. The highest BCUT2D eigenvalue weighted by Gasteiger charge is 2.09. The molecule has 1 rings (SSSR count). The highest BCUT2D eigenvalue weighted by Crippen LogP contribution is 2.30. The van der Waals surface area contributed by atoms with Gasteiger partial charge in [0.1, 0.15) is 5.75 Å². The van der Waals surface area contributed by atoms with Crippen molar-refractivity contribution >= 4 is 17.8 Å². The lowest BCUT2D eigenvalue weighted by molar-refractivity contribution is -0.422. The van der Waals surface area contributed by atoms with Crippen molar-refractivity contribution in [3.8, 4) is 5.75 Å². The molecule has 0 amide bonds. The second-order valence-corrected chi connectivity index (χ2v) is 4.45. The molecule has 0 bridgehead atoms. The number of allylic oxidation sites excluding steroid dienone is 1. The molecule has 0 fully saturated rings. The molecule has 0 saturated carbocycles. The molecule has 1 aromatic carbocycles. The van der Waals surface area contributed by atoms with Gasteiger partial charge in [0.05, 0.1) is 12.0 Å². The van der Waals surface area contributed by atoms with Crippen LogP contribution in [0.15, 0.2) is 22.7 Å². The van der Waals surface area contributed by atoms with Crippen LogP contribution in [-0.4, -0.2) is 18.3 Å². The van der Waals surface area contributed by atoms with Gasteiger partial charge in [-0.3, -0.25) is 10.1 Å². The first-order valence-corrected chi connectivity index (χ1v) is 6.27. The van der Waals surface area contributed by atoms with Crippen molar-refractivity contribution in [1.29, 1.82) is 0 Å². The van der Waals surface area contributed by atoms with Crippen molar-refractivity contribution in [1.82, 2.24) is 0 Å². The van der Waals surface area contributed by atoms with E-state index < -0.39 is 4.92 Å². The third-order valence-corrected chi connectivity index (χ3v) is 3.28. The zero-order chi connectivity index (χ0) is 13.0. The smallest absolute Gasteiger partial charge is 0.243 e. The fourth-order valence-electron chi connectivity index (χ4n) is 1.46. The number of benzene rings is 1. The lowest BCUT2D eigenvalue weighted by atomic mass is 10.1. The normalized spacial score (nSPS) is 11.4. The van der Waals surface area contributed by atoms with Crippen LogP contribution in [0.25, 0.3) is 6.08 Å². The Hall–Kier alpha value is -1.49. The first-order valence-electron chi connectivity index (χ1n) is 5.05. The largest absolute Gasteiger partial charge is 0.496 e. The van der Waals surface area contributed by atoms with Crippen LogP contribution in [0.3, 0.4) is 0 Å². The van der Waals surface area contributed by atoms with Gasteiger partial charge in [0.25, 0.3) is 0 Å². The summed E-state index contributed by atoms with van der Waals surface area (Å²) in [5.41, 5.74) is 1.93. The molecule has 0 aliphatic carbocycles. The van der Waals surface area contributed by atoms with Gasteiger partial charge in [-0.1, -0.05) is 0 Å². The third-order valence-electron chi connectivity index (χ3n) is 2.40. The van der Waals surface area contributed by atoms with E-state index in [0.717, 1.165) is 16.0 Å². The van der Waals surface area contributed by atoms with Crippen LogP contribution >= 0.6 is 11.8 Å². The zero-order valence-corrected chi connectivity index (χ0v) is 11.1. The van der Waals surface area contributed by atoms with Crippen molar-refractivity contribution in [2.75, 3.05) is 13.4 Å². The molecule has 0 radical (unpaired) electrons. The van der Waals surface area contributed by atoms with Crippen LogP contribution in [0.1, 0.15) is 18.1 Å². The van der Waals surface area contributed by atoms with Crippen molar-refractivity contribution in [3.05, 3.63) is 39.1 Å². The van der Waals surface area contributed by atoms with Gasteiger partial charge in [0, 0.05) is 23.5 Å². The number of hydrogen-bond donors (Lipinski definition) is 0. The van der Waals surface area contributed by atoms with Crippen molar-refractivity contribution in [2.24, 2.45) is 0 Å². The molecule has 4 nitrogen and oxygen atoms in total. The molecule has 0 saturated heterocycles. The van der Waals surface area contributed by atoms with Crippen LogP contribution < -0.4 is 4.74 Å². The number of thioether (sulfide) groups is 1. The lowest BCUT2D eigenvalue weighted by Crippen LogP contribution is -1.95. The predicted molar refractivity (Wildman–Crippen MR) is 70.2 cm³/mol. The molecular weight excluding hydrogens is 238 g/mol. The summed E-state index contributed by atoms with van der Waals surface area (Å²) in [5.74, 6) is 0.654. The third kappa shape index (κ3) is 3.23. The minimum absolute atomic E-state index is 0.0965. The molecular formula is C12H15NO3S. The van der Waals surface area contributed by atoms with Gasteiger partial charge in [-0.15, -0.1) is 11.8 Å². The number of nitro groups is 1. The Bertz CT molecular complexity index is 469. The Balaban J connectivity index is 3.31. The average molecular weight is 253 g/mol. The predicted octanol–water partition coefficient (Wildman–Crippen LogP) is 3.36. The quantitative estimate of drug-likeness (QED) is 0.469. The highest BCUT2D eigenvalue weighted by atomic mass is 32.2. The number of ether oxygens (including phenoxy) is 1. The van der Waals surface area contributed by atoms with Crippen molar-refractivity contribution < 1.29 is 9.66 Å². The molecule has 92 valence electrons. The van der Waals surface area contributed by atoms with E-state index in [1.54, 1.807) is 18.9 Å². The Morgan fingerprint density at radius 3 is 2.65 bits per heavy atom. The first kappa shape index (κ1) is 13.6. The fraction of sp³-hybridized carbons (Fsp3) is 0.333. The minimum Gasteiger partial charge on any atom is -0.496 e. The zero-order valence-electron chi connectivity index (χ0n) is 10.3. The van der Waals surface area contributed by atoms with Gasteiger partial charge in [0.2, 0.25) is 5.70 Å². The summed E-state index contributed by atoms with van der Waals surface area (Å²) in [7, 11) is 1.56. The summed E-state index contributed by atoms with van der Waals surface area (Å²) in [5, 5.41) is 10.6. The fourth-order valence-corrected chi connectivity index (χ4v) is 2.09. The van der Waals surface area contributed by atoms with E-state index in [-0.39, 0.29) is 5.70 Å². The summed E-state index contributed by atoms with van der Waals surface area (Å²) in [6.45, 7) is 3.46. The maximum atomic E-state index is 10.6. The monoisotopic (exact) mass is 253 g/mol. The molecule has 0 aliphatic rings. The summed E-state index contributed by atoms with van der Waals surface area (Å²) in [6.07, 6.45) is 3.50. The maximum Gasteiger partial charge on any atom is 0.243 e. The minimum atomic E-state index is -0.405. The number of rotatable bonds is 4. The van der Waals surface area contributed by atoms with Crippen molar-refractivity contribution in [3.63, 3.8) is 0 Å². The van der Waals surface area contributed by atoms with Crippen LogP contribution in [0.4, 0.5) is 0 Å². The number of aryl methyl sites for hydroxylation is 1. The average Bonchev–Trinajstić information content (AvgIpc) is 2.30.